The van der Waals surface area contributed by atoms with Crippen LogP contribution in [0.15, 0.2) is 44.3 Å². The number of nitrogens with zero attached hydrogens (tertiary/aromatic N) is 6. The molecule has 0 saturated carbocycles. The Morgan fingerprint density at radius 1 is 1.22 bits per heavy atom. The van der Waals surface area contributed by atoms with E-state index in [0.717, 1.165) is 20.7 Å². The minimum atomic E-state index is -0.473. The quantitative estimate of drug-likeness (QED) is 0.394. The lowest BCUT2D eigenvalue weighted by molar-refractivity contribution is 0.536. The summed E-state index contributed by atoms with van der Waals surface area (Å²) < 4.78 is 4.25. The van der Waals surface area contributed by atoms with Gasteiger partial charge in [-0.25, -0.2) is 4.79 Å². The van der Waals surface area contributed by atoms with Gasteiger partial charge in [0.05, 0.1) is 0 Å². The van der Waals surface area contributed by atoms with E-state index in [9.17, 15) is 9.59 Å². The van der Waals surface area contributed by atoms with Crippen molar-refractivity contribution < 1.29 is 0 Å². The van der Waals surface area contributed by atoms with E-state index in [1.165, 1.54) is 4.57 Å². The second-order valence-corrected chi connectivity index (χ2v) is 10.3. The number of imidazole rings is 1. The van der Waals surface area contributed by atoms with Gasteiger partial charge in [-0.2, -0.15) is 4.98 Å². The van der Waals surface area contributed by atoms with Crippen molar-refractivity contribution >= 4 is 40.2 Å². The monoisotopic (exact) mass is 471 g/mol. The molecule has 0 aliphatic rings. The second kappa shape index (κ2) is 9.29. The van der Waals surface area contributed by atoms with Crippen molar-refractivity contribution in [2.75, 3.05) is 17.7 Å². The first-order valence-corrected chi connectivity index (χ1v) is 12.0. The number of H-pyrrole nitrogens is 1. The van der Waals surface area contributed by atoms with Crippen molar-refractivity contribution in [1.82, 2.24) is 29.3 Å². The van der Waals surface area contributed by atoms with Gasteiger partial charge in [0.1, 0.15) is 5.01 Å². The predicted molar refractivity (Wildman–Crippen MR) is 129 cm³/mol. The average molecular weight is 472 g/mol. The zero-order chi connectivity index (χ0) is 22.8. The maximum atomic E-state index is 12.8. The lowest BCUT2D eigenvalue weighted by Gasteiger charge is -2.21. The van der Waals surface area contributed by atoms with Crippen LogP contribution in [0.4, 0.5) is 5.95 Å². The molecular weight excluding hydrogens is 446 g/mol. The third-order valence-electron chi connectivity index (χ3n) is 5.08. The minimum Gasteiger partial charge on any atom is -0.341 e. The number of aryl methyl sites for hydroxylation is 2. The second-order valence-electron chi connectivity index (χ2n) is 7.86. The highest BCUT2D eigenvalue weighted by Crippen LogP contribution is 2.27. The molecule has 0 fully saturated rings. The van der Waals surface area contributed by atoms with Crippen LogP contribution in [0.5, 0.6) is 0 Å². The largest absolute Gasteiger partial charge is 0.341 e. The summed E-state index contributed by atoms with van der Waals surface area (Å²) in [5.74, 6) is 1.70. The van der Waals surface area contributed by atoms with Gasteiger partial charge in [0.15, 0.2) is 15.5 Å². The summed E-state index contributed by atoms with van der Waals surface area (Å²) in [6.45, 7) is 5.28. The molecule has 168 valence electrons. The molecule has 0 saturated heterocycles. The first-order chi connectivity index (χ1) is 15.3. The number of rotatable bonds is 8. The topological polar surface area (TPSA) is 102 Å². The van der Waals surface area contributed by atoms with E-state index in [1.807, 2.05) is 41.6 Å². The molecule has 1 N–H and O–H groups in total. The van der Waals surface area contributed by atoms with E-state index in [1.54, 1.807) is 30.1 Å². The third-order valence-corrected chi connectivity index (χ3v) is 7.39. The number of anilines is 1. The minimum absolute atomic E-state index is 0.224. The van der Waals surface area contributed by atoms with Crippen molar-refractivity contribution in [3.8, 4) is 0 Å². The summed E-state index contributed by atoms with van der Waals surface area (Å²) >= 11 is 3.24. The fourth-order valence-electron chi connectivity index (χ4n) is 3.53. The Bertz CT molecular complexity index is 1340. The first kappa shape index (κ1) is 22.3. The smallest absolute Gasteiger partial charge is 0.329 e. The lowest BCUT2D eigenvalue weighted by Crippen LogP contribution is -2.30. The highest BCUT2D eigenvalue weighted by molar-refractivity contribution is 8.01. The van der Waals surface area contributed by atoms with Crippen LogP contribution in [0.3, 0.4) is 0 Å². The van der Waals surface area contributed by atoms with Gasteiger partial charge in [0.25, 0.3) is 5.56 Å². The fourth-order valence-corrected chi connectivity index (χ4v) is 5.38. The van der Waals surface area contributed by atoms with Gasteiger partial charge in [0.2, 0.25) is 5.95 Å². The molecule has 1 aromatic carbocycles. The lowest BCUT2D eigenvalue weighted by atomic mass is 10.2. The molecular formula is C21H25N7O2S2. The number of benzene rings is 1. The average Bonchev–Trinajstić information content (AvgIpc) is 3.35. The Kier molecular flexibility index (Phi) is 6.47. The standard InChI is InChI=1S/C21H25N7O2S2/c1-13(12-31-21-25-24-14(2)32-21)10-28-16-17(27(4)20(30)23-18(16)29)22-19(28)26(3)11-15-8-6-5-7-9-15/h5-9,13H,10-12H2,1-4H3,(H,23,29,30)/t13-/m1/s1. The maximum absolute atomic E-state index is 12.8. The van der Waals surface area contributed by atoms with Crippen molar-refractivity contribution in [2.45, 2.75) is 31.3 Å². The van der Waals surface area contributed by atoms with Gasteiger partial charge in [-0.3, -0.25) is 14.3 Å². The van der Waals surface area contributed by atoms with Gasteiger partial charge in [-0.15, -0.1) is 10.2 Å². The Morgan fingerprint density at radius 3 is 2.66 bits per heavy atom. The molecule has 3 aromatic heterocycles. The number of fused-ring (bicyclic) bond motifs is 1. The summed E-state index contributed by atoms with van der Waals surface area (Å²) in [6.07, 6.45) is 0. The molecule has 0 bridgehead atoms. The van der Waals surface area contributed by atoms with Crippen molar-refractivity contribution in [2.24, 2.45) is 13.0 Å². The van der Waals surface area contributed by atoms with Crippen LogP contribution in [0.25, 0.3) is 11.2 Å². The Labute approximate surface area is 193 Å². The number of thioether (sulfide) groups is 1. The van der Waals surface area contributed by atoms with Crippen LogP contribution >= 0.6 is 23.1 Å². The molecule has 4 aromatic rings. The van der Waals surface area contributed by atoms with E-state index in [0.29, 0.717) is 30.2 Å². The van der Waals surface area contributed by atoms with Crippen LogP contribution in [0.2, 0.25) is 0 Å². The molecule has 0 aliphatic carbocycles. The van der Waals surface area contributed by atoms with Crippen molar-refractivity contribution in [3.63, 3.8) is 0 Å². The van der Waals surface area contributed by atoms with Crippen molar-refractivity contribution in [1.29, 1.82) is 0 Å². The normalized spacial score (nSPS) is 12.4. The molecule has 3 heterocycles. The summed E-state index contributed by atoms with van der Waals surface area (Å²) in [6, 6.07) is 10.1. The molecule has 9 nitrogen and oxygen atoms in total. The van der Waals surface area contributed by atoms with Gasteiger partial charge < -0.3 is 9.47 Å². The highest BCUT2D eigenvalue weighted by Gasteiger charge is 2.21. The van der Waals surface area contributed by atoms with Crippen LogP contribution in [0.1, 0.15) is 17.5 Å². The summed E-state index contributed by atoms with van der Waals surface area (Å²) in [4.78, 5) is 34.0. The summed E-state index contributed by atoms with van der Waals surface area (Å²) in [5, 5.41) is 9.18. The van der Waals surface area contributed by atoms with Crippen LogP contribution in [-0.2, 0) is 20.1 Å². The molecule has 11 heteroatoms. The molecule has 0 amide bonds. The third kappa shape index (κ3) is 4.63. The zero-order valence-corrected chi connectivity index (χ0v) is 20.0. The van der Waals surface area contributed by atoms with E-state index in [4.69, 9.17) is 4.98 Å². The molecule has 0 radical (unpaired) electrons. The number of hydrogen-bond donors (Lipinski definition) is 1. The van der Waals surface area contributed by atoms with E-state index >= 15 is 0 Å². The molecule has 0 unspecified atom stereocenters. The molecule has 32 heavy (non-hydrogen) atoms. The fraction of sp³-hybridized carbons (Fsp3) is 0.381. The highest BCUT2D eigenvalue weighted by atomic mass is 32.2. The van der Waals surface area contributed by atoms with Crippen LogP contribution in [-0.4, -0.2) is 42.1 Å². The molecule has 1 atom stereocenters. The van der Waals surface area contributed by atoms with Gasteiger partial charge >= 0.3 is 5.69 Å². The first-order valence-electron chi connectivity index (χ1n) is 10.2. The molecule has 0 spiro atoms. The van der Waals surface area contributed by atoms with Gasteiger partial charge in [-0.1, -0.05) is 60.4 Å². The predicted octanol–water partition coefficient (Wildman–Crippen LogP) is 2.65. The SMILES string of the molecule is Cc1nnc(SC[C@H](C)Cn2c(N(C)Cc3ccccc3)nc3c2c(=O)[nH]c(=O)n3C)s1. The molecule has 4 rings (SSSR count). The van der Waals surface area contributed by atoms with E-state index in [-0.39, 0.29) is 5.92 Å². The summed E-state index contributed by atoms with van der Waals surface area (Å²) in [7, 11) is 3.57. The van der Waals surface area contributed by atoms with Crippen LogP contribution < -0.4 is 16.1 Å². The molecule has 0 aliphatic heterocycles. The zero-order valence-electron chi connectivity index (χ0n) is 18.4. The van der Waals surface area contributed by atoms with Crippen molar-refractivity contribution in [3.05, 3.63) is 61.7 Å². The van der Waals surface area contributed by atoms with Gasteiger partial charge in [-0.05, 0) is 18.4 Å². The summed E-state index contributed by atoms with van der Waals surface area (Å²) in [5.41, 5.74) is 1.03. The van der Waals surface area contributed by atoms with Gasteiger partial charge in [0, 0.05) is 32.9 Å². The Hall–Kier alpha value is -2.92. The Balaban J connectivity index is 1.68. The number of aromatic nitrogens is 6. The van der Waals surface area contributed by atoms with E-state index < -0.39 is 11.2 Å². The van der Waals surface area contributed by atoms with E-state index in [2.05, 4.69) is 34.2 Å². The number of hydrogen-bond acceptors (Lipinski definition) is 8. The maximum Gasteiger partial charge on any atom is 0.329 e. The Morgan fingerprint density at radius 2 is 1.97 bits per heavy atom. The number of aromatic amines is 1. The van der Waals surface area contributed by atoms with Crippen LogP contribution in [0, 0.1) is 12.8 Å². The number of nitrogens with one attached hydrogen (secondary N) is 1.